The number of hydrogen-bond donors (Lipinski definition) is 0. The van der Waals surface area contributed by atoms with Crippen LogP contribution in [0.1, 0.15) is 5.01 Å². The van der Waals surface area contributed by atoms with Crippen molar-refractivity contribution < 1.29 is 0 Å². The lowest BCUT2D eigenvalue weighted by Gasteiger charge is -1.80. The molecule has 0 aliphatic carbocycles. The van der Waals surface area contributed by atoms with E-state index in [1.54, 1.807) is 11.3 Å². The van der Waals surface area contributed by atoms with E-state index < -0.39 is 0 Å². The summed E-state index contributed by atoms with van der Waals surface area (Å²) < 4.78 is 1.20. The minimum absolute atomic E-state index is 0.697. The number of hydrogen-bond acceptors (Lipinski definition) is 2. The lowest BCUT2D eigenvalue weighted by Crippen LogP contribution is -1.69. The molecule has 0 saturated heterocycles. The summed E-state index contributed by atoms with van der Waals surface area (Å²) in [6.45, 7) is 0. The summed E-state index contributed by atoms with van der Waals surface area (Å²) in [5.74, 6) is 5.93. The molecule has 1 aromatic heterocycles. The van der Waals surface area contributed by atoms with Crippen molar-refractivity contribution >= 4 is 37.5 Å². The molecule has 2 aromatic rings. The summed E-state index contributed by atoms with van der Waals surface area (Å²) in [5.41, 5.74) is 1.03. The average Bonchev–Trinajstić information content (AvgIpc) is 2.57. The lowest BCUT2D eigenvalue weighted by molar-refractivity contribution is 1.45. The molecule has 2 rings (SSSR count). The third-order valence-corrected chi connectivity index (χ3v) is 2.79. The third kappa shape index (κ3) is 1.90. The van der Waals surface area contributed by atoms with Crippen LogP contribution in [-0.2, 0) is 0 Å². The van der Waals surface area contributed by atoms with E-state index in [1.807, 2.05) is 18.2 Å². The second-order valence-electron chi connectivity index (χ2n) is 2.42. The Kier molecular flexibility index (Phi) is 2.62. The number of halogens is 1. The molecule has 1 aromatic carbocycles. The van der Waals surface area contributed by atoms with Gasteiger partial charge in [0.05, 0.1) is 15.5 Å². The molecule has 0 aliphatic rings. The maximum Gasteiger partial charge on any atom is 0.168 e. The largest absolute Gasteiger partial charge is 0.228 e. The molecule has 0 saturated carbocycles. The van der Waals surface area contributed by atoms with E-state index in [-0.39, 0.29) is 0 Å². The van der Waals surface area contributed by atoms with Crippen molar-refractivity contribution in [2.45, 2.75) is 0 Å². The minimum Gasteiger partial charge on any atom is -0.228 e. The van der Waals surface area contributed by atoms with Gasteiger partial charge >= 0.3 is 0 Å². The summed E-state index contributed by atoms with van der Waals surface area (Å²) >= 11 is 4.89. The predicted molar refractivity (Wildman–Crippen MR) is 60.3 cm³/mol. The summed E-state index contributed by atoms with van der Waals surface area (Å²) in [6.07, 6.45) is 0. The molecule has 0 atom stereocenters. The number of para-hydroxylation sites is 1. The van der Waals surface area contributed by atoms with Crippen LogP contribution >= 0.6 is 27.3 Å². The van der Waals surface area contributed by atoms with E-state index in [0.29, 0.717) is 5.33 Å². The van der Waals surface area contributed by atoms with Crippen LogP contribution in [0.2, 0.25) is 0 Å². The van der Waals surface area contributed by atoms with Crippen LogP contribution < -0.4 is 0 Å². The molecule has 0 spiro atoms. The van der Waals surface area contributed by atoms with Gasteiger partial charge in [-0.3, -0.25) is 0 Å². The van der Waals surface area contributed by atoms with Crippen LogP contribution in [0.3, 0.4) is 0 Å². The predicted octanol–water partition coefficient (Wildman–Crippen LogP) is 3.04. The van der Waals surface area contributed by atoms with Crippen LogP contribution in [0, 0.1) is 11.8 Å². The lowest BCUT2D eigenvalue weighted by atomic mass is 10.3. The molecule has 3 heteroatoms. The second kappa shape index (κ2) is 3.91. The molecule has 0 fully saturated rings. The highest BCUT2D eigenvalue weighted by atomic mass is 79.9. The summed E-state index contributed by atoms with van der Waals surface area (Å²) in [4.78, 5) is 4.37. The first-order valence-corrected chi connectivity index (χ1v) is 5.74. The fraction of sp³-hybridized carbons (Fsp3) is 0.100. The molecule has 13 heavy (non-hydrogen) atoms. The molecule has 1 nitrogen and oxygen atoms in total. The van der Waals surface area contributed by atoms with Gasteiger partial charge in [0.2, 0.25) is 0 Å². The number of alkyl halides is 1. The summed E-state index contributed by atoms with van der Waals surface area (Å²) in [7, 11) is 0. The Morgan fingerprint density at radius 1 is 1.38 bits per heavy atom. The van der Waals surface area contributed by atoms with Crippen LogP contribution in [-0.4, -0.2) is 10.3 Å². The van der Waals surface area contributed by atoms with Crippen LogP contribution in [0.5, 0.6) is 0 Å². The van der Waals surface area contributed by atoms with E-state index in [9.17, 15) is 0 Å². The van der Waals surface area contributed by atoms with Crippen molar-refractivity contribution in [3.05, 3.63) is 29.3 Å². The number of rotatable bonds is 0. The maximum atomic E-state index is 4.37. The maximum absolute atomic E-state index is 4.37. The molecular weight excluding hydrogens is 246 g/mol. The number of thiazole rings is 1. The molecule has 0 unspecified atom stereocenters. The normalized spacial score (nSPS) is 9.62. The third-order valence-electron chi connectivity index (χ3n) is 1.56. The SMILES string of the molecule is BrCC#Cc1nc2ccccc2s1. The Balaban J connectivity index is 2.50. The zero-order chi connectivity index (χ0) is 9.10. The molecule has 1 heterocycles. The van der Waals surface area contributed by atoms with Crippen molar-refractivity contribution in [1.29, 1.82) is 0 Å². The number of nitrogens with zero attached hydrogens (tertiary/aromatic N) is 1. The van der Waals surface area contributed by atoms with E-state index in [1.165, 1.54) is 4.70 Å². The van der Waals surface area contributed by atoms with E-state index >= 15 is 0 Å². The van der Waals surface area contributed by atoms with Gasteiger partial charge in [-0.1, -0.05) is 34.0 Å². The first-order valence-electron chi connectivity index (χ1n) is 3.80. The van der Waals surface area contributed by atoms with Gasteiger partial charge in [-0.25, -0.2) is 4.98 Å². The van der Waals surface area contributed by atoms with Gasteiger partial charge in [-0.15, -0.1) is 11.3 Å². The Bertz CT molecular complexity index is 445. The van der Waals surface area contributed by atoms with Gasteiger partial charge in [0.25, 0.3) is 0 Å². The smallest absolute Gasteiger partial charge is 0.168 e. The zero-order valence-corrected chi connectivity index (χ0v) is 9.15. The highest BCUT2D eigenvalue weighted by Gasteiger charge is 1.98. The topological polar surface area (TPSA) is 12.9 Å². The van der Waals surface area contributed by atoms with Crippen molar-refractivity contribution in [2.24, 2.45) is 0 Å². The fourth-order valence-corrected chi connectivity index (χ4v) is 2.02. The van der Waals surface area contributed by atoms with E-state index in [2.05, 4.69) is 38.8 Å². The molecular formula is C10H6BrNS. The number of benzene rings is 1. The van der Waals surface area contributed by atoms with Crippen LogP contribution in [0.25, 0.3) is 10.2 Å². The quantitative estimate of drug-likeness (QED) is 0.518. The molecule has 0 aliphatic heterocycles. The van der Waals surface area contributed by atoms with Gasteiger partial charge in [-0.05, 0) is 18.1 Å². The van der Waals surface area contributed by atoms with Crippen LogP contribution in [0.4, 0.5) is 0 Å². The summed E-state index contributed by atoms with van der Waals surface area (Å²) in [6, 6.07) is 8.07. The van der Waals surface area contributed by atoms with Gasteiger partial charge in [0, 0.05) is 0 Å². The van der Waals surface area contributed by atoms with Gasteiger partial charge in [0.1, 0.15) is 0 Å². The van der Waals surface area contributed by atoms with Crippen LogP contribution in [0.15, 0.2) is 24.3 Å². The second-order valence-corrected chi connectivity index (χ2v) is 4.01. The average molecular weight is 252 g/mol. The fourth-order valence-electron chi connectivity index (χ4n) is 1.03. The van der Waals surface area contributed by atoms with Crippen molar-refractivity contribution in [1.82, 2.24) is 4.98 Å². The number of fused-ring (bicyclic) bond motifs is 1. The van der Waals surface area contributed by atoms with E-state index in [0.717, 1.165) is 10.5 Å². The monoisotopic (exact) mass is 251 g/mol. The highest BCUT2D eigenvalue weighted by molar-refractivity contribution is 9.09. The van der Waals surface area contributed by atoms with Crippen molar-refractivity contribution in [3.8, 4) is 11.8 Å². The molecule has 0 N–H and O–H groups in total. The highest BCUT2D eigenvalue weighted by Crippen LogP contribution is 2.20. The first kappa shape index (κ1) is 8.74. The Morgan fingerprint density at radius 3 is 3.00 bits per heavy atom. The molecule has 0 radical (unpaired) electrons. The van der Waals surface area contributed by atoms with Gasteiger partial charge in [-0.2, -0.15) is 0 Å². The summed E-state index contributed by atoms with van der Waals surface area (Å²) in [5, 5.41) is 1.59. The first-order chi connectivity index (χ1) is 6.40. The van der Waals surface area contributed by atoms with Gasteiger partial charge in [0.15, 0.2) is 5.01 Å². The van der Waals surface area contributed by atoms with Crippen molar-refractivity contribution in [2.75, 3.05) is 5.33 Å². The molecule has 0 bridgehead atoms. The Labute approximate surface area is 88.9 Å². The Hall–Kier alpha value is -0.850. The van der Waals surface area contributed by atoms with E-state index in [4.69, 9.17) is 0 Å². The van der Waals surface area contributed by atoms with Gasteiger partial charge < -0.3 is 0 Å². The Morgan fingerprint density at radius 2 is 2.23 bits per heavy atom. The zero-order valence-electron chi connectivity index (χ0n) is 6.75. The molecule has 64 valence electrons. The number of aromatic nitrogens is 1. The van der Waals surface area contributed by atoms with Crippen molar-refractivity contribution in [3.63, 3.8) is 0 Å². The molecule has 0 amide bonds. The minimum atomic E-state index is 0.697. The standard InChI is InChI=1S/C10H6BrNS/c11-7-3-6-10-12-8-4-1-2-5-9(8)13-10/h1-2,4-5H,7H2.